The normalized spacial score (nSPS) is 13.9. The molecule has 0 saturated heterocycles. The fourth-order valence-corrected chi connectivity index (χ4v) is 4.17. The zero-order chi connectivity index (χ0) is 21.7. The first-order valence-electron chi connectivity index (χ1n) is 10.6. The van der Waals surface area contributed by atoms with Crippen LogP contribution in [0.15, 0.2) is 55.2 Å². The van der Waals surface area contributed by atoms with E-state index in [0.29, 0.717) is 47.4 Å². The molecule has 6 rings (SSSR count). The number of hydrogen-bond donors (Lipinski definition) is 0. The standard InChI is InChI=1S/C23H20ClN7O/c24-18-4-7-22-27-28-23(31(22)12-18)8-5-20(32)17-9-25-30(11-17)14-19-13-29-10-16(15-1-2-15)3-6-21(29)26-19/h3-4,6-7,9-13,15H,1-2,5,8,14H2. The molecule has 5 aromatic rings. The van der Waals surface area contributed by atoms with Crippen molar-refractivity contribution < 1.29 is 4.79 Å². The summed E-state index contributed by atoms with van der Waals surface area (Å²) in [6, 6.07) is 7.80. The summed E-state index contributed by atoms with van der Waals surface area (Å²) in [4.78, 5) is 17.4. The second-order valence-electron chi connectivity index (χ2n) is 8.28. The zero-order valence-electron chi connectivity index (χ0n) is 17.2. The number of carbonyl (C=O) groups is 1. The molecule has 0 radical (unpaired) electrons. The van der Waals surface area contributed by atoms with Gasteiger partial charge in [0.05, 0.1) is 29.0 Å². The van der Waals surface area contributed by atoms with E-state index in [4.69, 9.17) is 11.6 Å². The van der Waals surface area contributed by atoms with E-state index in [1.54, 1.807) is 35.4 Å². The van der Waals surface area contributed by atoms with Crippen LogP contribution in [0.4, 0.5) is 0 Å². The highest BCUT2D eigenvalue weighted by Gasteiger charge is 2.23. The van der Waals surface area contributed by atoms with Crippen LogP contribution >= 0.6 is 11.6 Å². The van der Waals surface area contributed by atoms with Crippen molar-refractivity contribution in [1.82, 2.24) is 33.8 Å². The van der Waals surface area contributed by atoms with Gasteiger partial charge in [-0.3, -0.25) is 13.9 Å². The first-order valence-corrected chi connectivity index (χ1v) is 11.0. The Morgan fingerprint density at radius 3 is 2.78 bits per heavy atom. The summed E-state index contributed by atoms with van der Waals surface area (Å²) in [5, 5.41) is 13.3. The van der Waals surface area contributed by atoms with E-state index in [0.717, 1.165) is 11.3 Å². The minimum atomic E-state index is 0.0131. The lowest BCUT2D eigenvalue weighted by molar-refractivity contribution is 0.0982. The van der Waals surface area contributed by atoms with Gasteiger partial charge in [0.1, 0.15) is 11.5 Å². The van der Waals surface area contributed by atoms with Crippen LogP contribution in [0.1, 0.15) is 52.6 Å². The fraction of sp³-hybridized carbons (Fsp3) is 0.261. The monoisotopic (exact) mass is 445 g/mol. The van der Waals surface area contributed by atoms with Crippen molar-refractivity contribution in [3.05, 3.63) is 82.9 Å². The van der Waals surface area contributed by atoms with Crippen LogP contribution in [0.3, 0.4) is 0 Å². The van der Waals surface area contributed by atoms with Crippen molar-refractivity contribution in [1.29, 1.82) is 0 Å². The van der Waals surface area contributed by atoms with Crippen LogP contribution in [0, 0.1) is 0 Å². The van der Waals surface area contributed by atoms with E-state index in [1.165, 1.54) is 18.4 Å². The molecule has 1 aliphatic carbocycles. The van der Waals surface area contributed by atoms with Crippen LogP contribution in [0.2, 0.25) is 5.02 Å². The minimum Gasteiger partial charge on any atom is -0.306 e. The smallest absolute Gasteiger partial charge is 0.166 e. The molecule has 0 spiro atoms. The molecule has 1 aliphatic rings. The Morgan fingerprint density at radius 1 is 1.03 bits per heavy atom. The number of imidazole rings is 1. The highest BCUT2D eigenvalue weighted by molar-refractivity contribution is 6.30. The summed E-state index contributed by atoms with van der Waals surface area (Å²) in [5.74, 6) is 1.43. The second kappa shape index (κ2) is 7.56. The number of rotatable bonds is 7. The molecule has 0 atom stereocenters. The Labute approximate surface area is 188 Å². The maximum absolute atomic E-state index is 12.7. The number of carbonyl (C=O) groups excluding carboxylic acids is 1. The van der Waals surface area contributed by atoms with Crippen LogP contribution in [0.25, 0.3) is 11.3 Å². The SMILES string of the molecule is O=C(CCc1nnc2ccc(Cl)cn12)c1cnn(Cc2cn3cc(C4CC4)ccc3n2)c1. The minimum absolute atomic E-state index is 0.0131. The lowest BCUT2D eigenvalue weighted by Gasteiger charge is -2.00. The first kappa shape index (κ1) is 19.2. The van der Waals surface area contributed by atoms with Gasteiger partial charge in [-0.1, -0.05) is 17.7 Å². The van der Waals surface area contributed by atoms with Crippen molar-refractivity contribution in [3.63, 3.8) is 0 Å². The van der Waals surface area contributed by atoms with Gasteiger partial charge in [-0.15, -0.1) is 10.2 Å². The van der Waals surface area contributed by atoms with Gasteiger partial charge in [-0.2, -0.15) is 5.10 Å². The molecule has 1 fully saturated rings. The van der Waals surface area contributed by atoms with E-state index in [9.17, 15) is 4.79 Å². The number of nitrogens with zero attached hydrogens (tertiary/aromatic N) is 7. The Hall–Kier alpha value is -3.52. The second-order valence-corrected chi connectivity index (χ2v) is 8.71. The Morgan fingerprint density at radius 2 is 1.91 bits per heavy atom. The molecule has 32 heavy (non-hydrogen) atoms. The van der Waals surface area contributed by atoms with Crippen molar-refractivity contribution in [2.75, 3.05) is 0 Å². The summed E-state index contributed by atoms with van der Waals surface area (Å²) in [7, 11) is 0. The molecule has 0 N–H and O–H groups in total. The average molecular weight is 446 g/mol. The van der Waals surface area contributed by atoms with Gasteiger partial charge in [0.2, 0.25) is 0 Å². The fourth-order valence-electron chi connectivity index (χ4n) is 4.01. The molecule has 160 valence electrons. The third kappa shape index (κ3) is 3.67. The van der Waals surface area contributed by atoms with Crippen molar-refractivity contribution >= 4 is 28.7 Å². The third-order valence-electron chi connectivity index (χ3n) is 5.86. The van der Waals surface area contributed by atoms with E-state index in [2.05, 4.69) is 43.0 Å². The summed E-state index contributed by atoms with van der Waals surface area (Å²) >= 11 is 6.06. The molecule has 5 aromatic heterocycles. The van der Waals surface area contributed by atoms with Crippen molar-refractivity contribution in [3.8, 4) is 0 Å². The Kier molecular flexibility index (Phi) is 4.53. The molecular formula is C23H20ClN7O. The van der Waals surface area contributed by atoms with Gasteiger partial charge in [-0.25, -0.2) is 4.98 Å². The molecule has 0 unspecified atom stereocenters. The topological polar surface area (TPSA) is 82.4 Å². The number of ketones is 1. The lowest BCUT2D eigenvalue weighted by Crippen LogP contribution is -2.04. The van der Waals surface area contributed by atoms with Gasteiger partial charge < -0.3 is 4.40 Å². The number of aryl methyl sites for hydroxylation is 1. The number of pyridine rings is 2. The number of fused-ring (bicyclic) bond motifs is 2. The summed E-state index contributed by atoms with van der Waals surface area (Å²) in [6.07, 6.45) is 12.7. The third-order valence-corrected chi connectivity index (χ3v) is 6.09. The van der Waals surface area contributed by atoms with Crippen LogP contribution < -0.4 is 0 Å². The summed E-state index contributed by atoms with van der Waals surface area (Å²) < 4.78 is 5.65. The van der Waals surface area contributed by atoms with Crippen LogP contribution in [0.5, 0.6) is 0 Å². The molecule has 0 amide bonds. The van der Waals surface area contributed by atoms with Gasteiger partial charge >= 0.3 is 0 Å². The van der Waals surface area contributed by atoms with Crippen LogP contribution in [-0.4, -0.2) is 39.5 Å². The maximum atomic E-state index is 12.7. The van der Waals surface area contributed by atoms with Gasteiger partial charge in [-0.05, 0) is 42.5 Å². The number of hydrogen-bond acceptors (Lipinski definition) is 5. The number of aromatic nitrogens is 7. The molecule has 0 bridgehead atoms. The molecule has 8 nitrogen and oxygen atoms in total. The first-order chi connectivity index (χ1) is 15.6. The zero-order valence-corrected chi connectivity index (χ0v) is 18.0. The van der Waals surface area contributed by atoms with E-state index < -0.39 is 0 Å². The highest BCUT2D eigenvalue weighted by atomic mass is 35.5. The molecule has 0 aliphatic heterocycles. The molecule has 1 saturated carbocycles. The molecule has 9 heteroatoms. The predicted octanol–water partition coefficient (Wildman–Crippen LogP) is 3.97. The predicted molar refractivity (Wildman–Crippen MR) is 119 cm³/mol. The average Bonchev–Trinajstić information content (AvgIpc) is 3.21. The largest absolute Gasteiger partial charge is 0.306 e. The van der Waals surface area contributed by atoms with Gasteiger partial charge in [0.15, 0.2) is 11.4 Å². The van der Waals surface area contributed by atoms with E-state index in [-0.39, 0.29) is 5.78 Å². The van der Waals surface area contributed by atoms with E-state index >= 15 is 0 Å². The maximum Gasteiger partial charge on any atom is 0.166 e. The summed E-state index contributed by atoms with van der Waals surface area (Å²) in [6.45, 7) is 0.515. The Balaban J connectivity index is 1.13. The molecule has 5 heterocycles. The number of Topliss-reactive ketones (excluding diaryl/α,β-unsaturated/α-hetero) is 1. The number of halogens is 1. The van der Waals surface area contributed by atoms with E-state index in [1.807, 2.05) is 10.6 Å². The quantitative estimate of drug-likeness (QED) is 0.354. The van der Waals surface area contributed by atoms with Gasteiger partial charge in [0.25, 0.3) is 0 Å². The van der Waals surface area contributed by atoms with Crippen LogP contribution in [-0.2, 0) is 13.0 Å². The Bertz CT molecular complexity index is 1460. The van der Waals surface area contributed by atoms with Gasteiger partial charge in [0, 0.05) is 37.6 Å². The molecular weight excluding hydrogens is 426 g/mol. The van der Waals surface area contributed by atoms with Crippen molar-refractivity contribution in [2.24, 2.45) is 0 Å². The van der Waals surface area contributed by atoms with Crippen molar-refractivity contribution in [2.45, 2.75) is 38.1 Å². The summed E-state index contributed by atoms with van der Waals surface area (Å²) in [5.41, 5.74) is 4.49. The lowest BCUT2D eigenvalue weighted by atomic mass is 10.1. The molecule has 0 aromatic carbocycles. The highest BCUT2D eigenvalue weighted by Crippen LogP contribution is 2.39.